The third-order valence-electron chi connectivity index (χ3n) is 11.6. The smallest absolute Gasteiger partial charge is 0.319 e. The molecule has 3 amide bonds. The molecule has 0 spiro atoms. The number of hydrogen-bond acceptors (Lipinski definition) is 5. The molecule has 0 aromatic heterocycles. The van der Waals surface area contributed by atoms with Crippen molar-refractivity contribution in [3.63, 3.8) is 0 Å². The number of rotatable bonds is 7. The van der Waals surface area contributed by atoms with Crippen LogP contribution in [0, 0.1) is 11.3 Å². The molecule has 258 valence electrons. The number of quaternary nitrogens is 1. The summed E-state index contributed by atoms with van der Waals surface area (Å²) in [5, 5.41) is 3.57. The molecule has 5 rings (SSSR count). The van der Waals surface area contributed by atoms with Gasteiger partial charge in [0.15, 0.2) is 6.04 Å². The van der Waals surface area contributed by atoms with Gasteiger partial charge in [-0.1, -0.05) is 37.6 Å². The Morgan fingerprint density at radius 1 is 1.07 bits per heavy atom. The Hall–Kier alpha value is -1.71. The lowest BCUT2D eigenvalue weighted by molar-refractivity contribution is -0.858. The quantitative estimate of drug-likeness (QED) is 0.369. The van der Waals surface area contributed by atoms with E-state index in [0.717, 1.165) is 50.6 Å². The molecule has 6 atom stereocenters. The van der Waals surface area contributed by atoms with E-state index in [0.29, 0.717) is 37.7 Å². The summed E-state index contributed by atoms with van der Waals surface area (Å²) >= 11 is 6.27. The Bertz CT molecular complexity index is 1240. The number of ether oxygens (including phenoxy) is 1. The summed E-state index contributed by atoms with van der Waals surface area (Å²) in [5.41, 5.74) is 1.25. The minimum absolute atomic E-state index is 0. The first-order chi connectivity index (χ1) is 21.2. The van der Waals surface area contributed by atoms with Crippen LogP contribution < -0.4 is 5.32 Å². The molecule has 1 N–H and O–H groups in total. The molecule has 1 aliphatic carbocycles. The van der Waals surface area contributed by atoms with Crippen LogP contribution in [0.15, 0.2) is 24.3 Å². The van der Waals surface area contributed by atoms with Gasteiger partial charge in [0.1, 0.15) is 12.6 Å². The van der Waals surface area contributed by atoms with Crippen LogP contribution >= 0.6 is 24.0 Å². The van der Waals surface area contributed by atoms with E-state index >= 15 is 4.79 Å². The largest absolute Gasteiger partial charge is 0.368 e. The first-order valence-electron chi connectivity index (χ1n) is 17.3. The lowest BCUT2D eigenvalue weighted by Crippen LogP contribution is -2.63. The van der Waals surface area contributed by atoms with Gasteiger partial charge in [-0.25, -0.2) is 9.28 Å². The lowest BCUT2D eigenvalue weighted by Gasteiger charge is -2.43. The van der Waals surface area contributed by atoms with Crippen LogP contribution in [0.5, 0.6) is 0 Å². The van der Waals surface area contributed by atoms with Crippen molar-refractivity contribution in [2.45, 2.75) is 122 Å². The molecule has 4 aliphatic rings. The van der Waals surface area contributed by atoms with E-state index in [1.165, 1.54) is 0 Å². The highest BCUT2D eigenvalue weighted by atomic mass is 35.5. The van der Waals surface area contributed by atoms with E-state index in [-0.39, 0.29) is 69.5 Å². The summed E-state index contributed by atoms with van der Waals surface area (Å²) < 4.78 is 6.02. The van der Waals surface area contributed by atoms with E-state index in [9.17, 15) is 9.59 Å². The number of halogens is 2. The Morgan fingerprint density at radius 3 is 2.26 bits per heavy atom. The van der Waals surface area contributed by atoms with Crippen LogP contribution in [0.4, 0.5) is 0 Å². The molecule has 1 saturated carbocycles. The topological polar surface area (TPSA) is 79.0 Å². The molecule has 3 aliphatic heterocycles. The molecule has 10 heteroatoms. The van der Waals surface area contributed by atoms with Gasteiger partial charge in [-0.3, -0.25) is 14.5 Å². The third-order valence-corrected chi connectivity index (χ3v) is 11.9. The number of carbonyl (C=O) groups is 3. The van der Waals surface area contributed by atoms with Gasteiger partial charge in [0.25, 0.3) is 11.8 Å². The van der Waals surface area contributed by atoms with Crippen LogP contribution in [-0.4, -0.2) is 102 Å². The summed E-state index contributed by atoms with van der Waals surface area (Å²) in [7, 11) is 1.66. The number of carbonyl (C=O) groups excluding carboxylic acids is 3. The third kappa shape index (κ3) is 7.31. The van der Waals surface area contributed by atoms with Crippen molar-refractivity contribution in [3.05, 3.63) is 34.9 Å². The number of hydrogen-bond donors (Lipinski definition) is 1. The molecular formula is C36H57Cl2N4O4+. The number of nitrogens with zero attached hydrogens (tertiary/aromatic N) is 3. The maximum absolute atomic E-state index is 15.2. The molecule has 1 aromatic carbocycles. The van der Waals surface area contributed by atoms with Gasteiger partial charge >= 0.3 is 5.91 Å². The van der Waals surface area contributed by atoms with Crippen molar-refractivity contribution < 1.29 is 23.6 Å². The molecule has 4 fully saturated rings. The van der Waals surface area contributed by atoms with Crippen molar-refractivity contribution in [2.24, 2.45) is 11.3 Å². The predicted molar refractivity (Wildman–Crippen MR) is 185 cm³/mol. The summed E-state index contributed by atoms with van der Waals surface area (Å²) in [4.78, 5) is 47.8. The molecule has 3 heterocycles. The van der Waals surface area contributed by atoms with Crippen molar-refractivity contribution in [1.82, 2.24) is 15.1 Å². The van der Waals surface area contributed by atoms with E-state index in [1.807, 2.05) is 31.2 Å². The second-order valence-corrected chi connectivity index (χ2v) is 16.3. The minimum Gasteiger partial charge on any atom is -0.368 e. The van der Waals surface area contributed by atoms with Gasteiger partial charge in [-0.15, -0.1) is 12.4 Å². The standard InChI is InChI=1S/C36H55ClN4O4.ClH/c1-8-41(34(44)29-22-39(35(2,3)4)21-28(29)24-11-13-25(37)14-12-24)23-27(20-30(41)32(42)38-7)40(33(43)31-10-9-19-45-31)26-15-17-36(5,6)18-16-26;/h11-14,26-31H,8-10,15-23H2,1-7H3;1H/p+1/t27-,28-,29+,30-,31-,41?;/m0./s1. The second-order valence-electron chi connectivity index (χ2n) is 15.9. The summed E-state index contributed by atoms with van der Waals surface area (Å²) in [6.45, 7) is 16.2. The van der Waals surface area contributed by atoms with Gasteiger partial charge in [0.05, 0.1) is 18.5 Å². The number of likely N-dealkylation sites (N-methyl/N-ethyl adjacent to an activating group) is 2. The minimum atomic E-state index is -0.549. The SMILES string of the molecule is CC[N+]1(C(=O)[C@@H]2CN(C(C)(C)C)C[C@H]2c2ccc(Cl)cc2)C[C@@H](N(C(=O)[C@@H]2CCCO2)C2CCC(C)(C)CC2)C[C@H]1C(=O)NC.Cl. The molecular weight excluding hydrogens is 623 g/mol. The van der Waals surface area contributed by atoms with Gasteiger partial charge in [-0.2, -0.15) is 0 Å². The van der Waals surface area contributed by atoms with Gasteiger partial charge in [-0.05, 0) is 89.3 Å². The highest BCUT2D eigenvalue weighted by molar-refractivity contribution is 6.30. The monoisotopic (exact) mass is 679 g/mol. The number of benzene rings is 1. The molecule has 1 aromatic rings. The average Bonchev–Trinajstić information content (AvgIpc) is 3.77. The van der Waals surface area contributed by atoms with E-state index in [2.05, 4.69) is 49.7 Å². The van der Waals surface area contributed by atoms with Crippen molar-refractivity contribution in [1.29, 1.82) is 0 Å². The molecule has 3 saturated heterocycles. The van der Waals surface area contributed by atoms with Crippen molar-refractivity contribution in [2.75, 3.05) is 39.8 Å². The van der Waals surface area contributed by atoms with Crippen molar-refractivity contribution in [3.8, 4) is 0 Å². The highest BCUT2D eigenvalue weighted by Gasteiger charge is 2.60. The van der Waals surface area contributed by atoms with Gasteiger partial charge in [0, 0.05) is 55.7 Å². The fourth-order valence-electron chi connectivity index (χ4n) is 8.72. The molecule has 8 nitrogen and oxygen atoms in total. The zero-order chi connectivity index (χ0) is 32.7. The first kappa shape index (κ1) is 37.1. The first-order valence-corrected chi connectivity index (χ1v) is 17.7. The van der Waals surface area contributed by atoms with Crippen LogP contribution in [0.1, 0.15) is 98.0 Å². The molecule has 0 bridgehead atoms. The molecule has 46 heavy (non-hydrogen) atoms. The maximum Gasteiger partial charge on any atom is 0.319 e. The van der Waals surface area contributed by atoms with E-state index in [1.54, 1.807) is 7.05 Å². The highest BCUT2D eigenvalue weighted by Crippen LogP contribution is 2.44. The summed E-state index contributed by atoms with van der Waals surface area (Å²) in [6.07, 6.45) is 5.67. The fourth-order valence-corrected chi connectivity index (χ4v) is 8.85. The zero-order valence-electron chi connectivity index (χ0n) is 29.0. The summed E-state index contributed by atoms with van der Waals surface area (Å²) in [5.74, 6) is -0.232. The Kier molecular flexibility index (Phi) is 11.6. The molecule has 0 radical (unpaired) electrons. The second kappa shape index (κ2) is 14.4. The Morgan fingerprint density at radius 2 is 1.72 bits per heavy atom. The van der Waals surface area contributed by atoms with Crippen LogP contribution in [0.25, 0.3) is 0 Å². The Balaban J connectivity index is 0.00000480. The maximum atomic E-state index is 15.2. The Labute approximate surface area is 287 Å². The lowest BCUT2D eigenvalue weighted by atomic mass is 9.75. The average molecular weight is 681 g/mol. The van der Waals surface area contributed by atoms with E-state index < -0.39 is 12.1 Å². The predicted octanol–water partition coefficient (Wildman–Crippen LogP) is 5.80. The van der Waals surface area contributed by atoms with Crippen LogP contribution in [0.2, 0.25) is 5.02 Å². The van der Waals surface area contributed by atoms with Crippen LogP contribution in [-0.2, 0) is 19.1 Å². The van der Waals surface area contributed by atoms with E-state index in [4.69, 9.17) is 16.3 Å². The number of likely N-dealkylation sites (tertiary alicyclic amines) is 2. The zero-order valence-corrected chi connectivity index (χ0v) is 30.6. The number of nitrogens with one attached hydrogen (secondary N) is 1. The molecule has 1 unspecified atom stereocenters. The number of amides is 3. The normalized spacial score (nSPS) is 31.8. The fraction of sp³-hybridized carbons (Fsp3) is 0.750. The van der Waals surface area contributed by atoms with Crippen molar-refractivity contribution >= 4 is 41.7 Å². The summed E-state index contributed by atoms with van der Waals surface area (Å²) in [6, 6.07) is 7.25. The van der Waals surface area contributed by atoms with Gasteiger partial charge in [0.2, 0.25) is 0 Å². The van der Waals surface area contributed by atoms with Crippen LogP contribution in [0.3, 0.4) is 0 Å². The van der Waals surface area contributed by atoms with Gasteiger partial charge < -0.3 is 15.0 Å².